The van der Waals surface area contributed by atoms with Crippen molar-refractivity contribution in [3.05, 3.63) is 41.1 Å². The Morgan fingerprint density at radius 3 is 2.58 bits per heavy atom. The quantitative estimate of drug-likeness (QED) is 0.683. The van der Waals surface area contributed by atoms with Crippen molar-refractivity contribution in [2.75, 3.05) is 0 Å². The summed E-state index contributed by atoms with van der Waals surface area (Å²) in [7, 11) is -1.60. The van der Waals surface area contributed by atoms with Gasteiger partial charge in [-0.05, 0) is 79.5 Å². The molecule has 4 rings (SSSR count). The predicted octanol–water partition coefficient (Wildman–Crippen LogP) is 5.41. The Bertz CT molecular complexity index is 749. The Kier molecular flexibility index (Phi) is 4.02. The fourth-order valence-corrected chi connectivity index (χ4v) is 8.35. The maximum absolute atomic E-state index is 11.9. The molecule has 0 aliphatic heterocycles. The van der Waals surface area contributed by atoms with Gasteiger partial charge in [-0.25, -0.2) is 0 Å². The summed E-state index contributed by atoms with van der Waals surface area (Å²) in [5.74, 6) is 2.24. The van der Waals surface area contributed by atoms with Crippen molar-refractivity contribution < 1.29 is 10.2 Å². The molecule has 1 aromatic rings. The highest BCUT2D eigenvalue weighted by molar-refractivity contribution is 6.83. The number of aliphatic hydroxyl groups is 1. The van der Waals surface area contributed by atoms with Gasteiger partial charge in [0.15, 0.2) is 0 Å². The standard InChI is InChI=1S/C23H34O2Si/c1-15(26(3,4)5)23(25)13-11-21-20-8-6-16-14-17(24)7-9-18(16)19(20)10-12-22(21,23)2/h7,9,14,19-21,24-25H,1,6,8,10-13H2,2-5H3/t19-,20-,21+,22+,23-/m1/s1. The van der Waals surface area contributed by atoms with Crippen molar-refractivity contribution in [2.45, 2.75) is 76.6 Å². The predicted molar refractivity (Wildman–Crippen MR) is 110 cm³/mol. The van der Waals surface area contributed by atoms with Gasteiger partial charge < -0.3 is 10.2 Å². The fraction of sp³-hybridized carbons (Fsp3) is 0.652. The molecule has 0 bridgehead atoms. The topological polar surface area (TPSA) is 40.5 Å². The van der Waals surface area contributed by atoms with Crippen LogP contribution in [-0.2, 0) is 6.42 Å². The van der Waals surface area contributed by atoms with Gasteiger partial charge in [-0.2, -0.15) is 0 Å². The lowest BCUT2D eigenvalue weighted by Crippen LogP contribution is -2.55. The van der Waals surface area contributed by atoms with Crippen LogP contribution in [0.5, 0.6) is 5.75 Å². The first-order valence-electron chi connectivity index (χ1n) is 10.3. The third-order valence-corrected chi connectivity index (χ3v) is 10.5. The van der Waals surface area contributed by atoms with Crippen LogP contribution in [0.3, 0.4) is 0 Å². The fourth-order valence-electron chi connectivity index (χ4n) is 6.70. The number of hydrogen-bond acceptors (Lipinski definition) is 2. The van der Waals surface area contributed by atoms with Crippen molar-refractivity contribution in [1.29, 1.82) is 0 Å². The average molecular weight is 371 g/mol. The van der Waals surface area contributed by atoms with E-state index in [0.29, 0.717) is 23.5 Å². The molecule has 0 aromatic heterocycles. The first kappa shape index (κ1) is 18.3. The van der Waals surface area contributed by atoms with Crippen LogP contribution in [0.1, 0.15) is 56.1 Å². The van der Waals surface area contributed by atoms with Gasteiger partial charge in [-0.15, -0.1) is 6.58 Å². The van der Waals surface area contributed by atoms with Gasteiger partial charge in [-0.1, -0.05) is 37.8 Å². The molecule has 2 N–H and O–H groups in total. The summed E-state index contributed by atoms with van der Waals surface area (Å²) in [6.45, 7) is 13.8. The third kappa shape index (κ3) is 2.39. The third-order valence-electron chi connectivity index (χ3n) is 8.27. The summed E-state index contributed by atoms with van der Waals surface area (Å²) in [5, 5.41) is 22.9. The zero-order valence-corrected chi connectivity index (χ0v) is 17.8. The Labute approximate surface area is 159 Å². The lowest BCUT2D eigenvalue weighted by molar-refractivity contribution is -0.0743. The molecule has 142 valence electrons. The normalized spacial score (nSPS) is 39.0. The molecule has 3 aliphatic carbocycles. The van der Waals surface area contributed by atoms with Crippen molar-refractivity contribution in [3.63, 3.8) is 0 Å². The molecule has 0 unspecified atom stereocenters. The van der Waals surface area contributed by atoms with Gasteiger partial charge in [0, 0.05) is 5.41 Å². The number of benzene rings is 1. The molecule has 2 nitrogen and oxygen atoms in total. The molecule has 26 heavy (non-hydrogen) atoms. The molecule has 3 aliphatic rings. The average Bonchev–Trinajstić information content (AvgIpc) is 2.85. The maximum Gasteiger partial charge on any atom is 0.115 e. The van der Waals surface area contributed by atoms with Crippen LogP contribution in [-0.4, -0.2) is 23.9 Å². The van der Waals surface area contributed by atoms with E-state index in [1.54, 1.807) is 0 Å². The maximum atomic E-state index is 11.9. The van der Waals surface area contributed by atoms with Crippen LogP contribution in [0.4, 0.5) is 0 Å². The van der Waals surface area contributed by atoms with Crippen LogP contribution in [0.25, 0.3) is 0 Å². The number of hydrogen-bond donors (Lipinski definition) is 2. The minimum absolute atomic E-state index is 0.0278. The van der Waals surface area contributed by atoms with E-state index >= 15 is 0 Å². The molecular formula is C23H34O2Si. The monoisotopic (exact) mass is 370 g/mol. The second-order valence-electron chi connectivity index (χ2n) is 10.4. The Morgan fingerprint density at radius 2 is 1.88 bits per heavy atom. The van der Waals surface area contributed by atoms with Gasteiger partial charge in [0.1, 0.15) is 5.75 Å². The smallest absolute Gasteiger partial charge is 0.115 e. The highest BCUT2D eigenvalue weighted by Crippen LogP contribution is 2.66. The van der Waals surface area contributed by atoms with Crippen LogP contribution in [0.2, 0.25) is 19.6 Å². The number of phenolic OH excluding ortho intramolecular Hbond substituents is 1. The first-order chi connectivity index (χ1) is 12.1. The lowest BCUT2D eigenvalue weighted by Gasteiger charge is -2.55. The summed E-state index contributed by atoms with van der Waals surface area (Å²) in [6.07, 6.45) is 6.51. The van der Waals surface area contributed by atoms with E-state index in [1.165, 1.54) is 17.5 Å². The molecule has 2 saturated carbocycles. The molecule has 0 spiro atoms. The second kappa shape index (κ2) is 5.72. The van der Waals surface area contributed by atoms with Crippen LogP contribution in [0.15, 0.2) is 30.0 Å². The molecular weight excluding hydrogens is 336 g/mol. The van der Waals surface area contributed by atoms with E-state index in [0.717, 1.165) is 37.3 Å². The minimum Gasteiger partial charge on any atom is -0.508 e. The van der Waals surface area contributed by atoms with Crippen LogP contribution < -0.4 is 0 Å². The molecule has 2 fully saturated rings. The zero-order valence-electron chi connectivity index (χ0n) is 16.8. The summed E-state index contributed by atoms with van der Waals surface area (Å²) in [4.78, 5) is 0. The SMILES string of the molecule is C=C([C@]1(O)CC[C@H]2[C@@H]3CCc4cc(O)ccc4[C@H]3CC[C@@]21C)[Si](C)(C)C. The van der Waals surface area contributed by atoms with Crippen molar-refractivity contribution >= 4 is 8.07 Å². The molecule has 0 amide bonds. The first-order valence-corrected chi connectivity index (χ1v) is 13.8. The van der Waals surface area contributed by atoms with E-state index in [9.17, 15) is 10.2 Å². The van der Waals surface area contributed by atoms with E-state index in [2.05, 4.69) is 39.2 Å². The molecule has 1 aromatic carbocycles. The summed E-state index contributed by atoms with van der Waals surface area (Å²) >= 11 is 0. The molecule has 0 heterocycles. The summed E-state index contributed by atoms with van der Waals surface area (Å²) in [6, 6.07) is 5.98. The number of rotatable bonds is 2. The highest BCUT2D eigenvalue weighted by Gasteiger charge is 2.63. The molecule has 5 atom stereocenters. The van der Waals surface area contributed by atoms with Crippen LogP contribution in [0, 0.1) is 17.3 Å². The molecule has 0 radical (unpaired) electrons. The second-order valence-corrected chi connectivity index (χ2v) is 15.5. The minimum atomic E-state index is -1.60. The van der Waals surface area contributed by atoms with E-state index in [4.69, 9.17) is 0 Å². The molecule has 0 saturated heterocycles. The van der Waals surface area contributed by atoms with Gasteiger partial charge >= 0.3 is 0 Å². The van der Waals surface area contributed by atoms with E-state index in [-0.39, 0.29) is 5.41 Å². The van der Waals surface area contributed by atoms with E-state index < -0.39 is 13.7 Å². The Morgan fingerprint density at radius 1 is 1.15 bits per heavy atom. The number of aromatic hydroxyl groups is 1. The number of fused-ring (bicyclic) bond motifs is 5. The molecule has 3 heteroatoms. The number of aryl methyl sites for hydroxylation is 1. The van der Waals surface area contributed by atoms with E-state index in [1.807, 2.05) is 12.1 Å². The van der Waals surface area contributed by atoms with Gasteiger partial charge in [0.05, 0.1) is 13.7 Å². The van der Waals surface area contributed by atoms with Crippen molar-refractivity contribution in [3.8, 4) is 5.75 Å². The summed E-state index contributed by atoms with van der Waals surface area (Å²) < 4.78 is 0. The summed E-state index contributed by atoms with van der Waals surface area (Å²) in [5.41, 5.74) is 2.10. The Hall–Kier alpha value is -1.06. The lowest BCUT2D eigenvalue weighted by atomic mass is 9.53. The van der Waals surface area contributed by atoms with Crippen molar-refractivity contribution in [1.82, 2.24) is 0 Å². The highest BCUT2D eigenvalue weighted by atomic mass is 28.3. The van der Waals surface area contributed by atoms with Gasteiger partial charge in [0.2, 0.25) is 0 Å². The zero-order chi connectivity index (χ0) is 18.9. The van der Waals surface area contributed by atoms with Crippen molar-refractivity contribution in [2.24, 2.45) is 17.3 Å². The van der Waals surface area contributed by atoms with Gasteiger partial charge in [-0.3, -0.25) is 0 Å². The van der Waals surface area contributed by atoms with Crippen LogP contribution >= 0.6 is 0 Å². The van der Waals surface area contributed by atoms with Gasteiger partial charge in [0.25, 0.3) is 0 Å². The Balaban J connectivity index is 1.69. The largest absolute Gasteiger partial charge is 0.508 e. The number of phenols is 1.